The molecule has 3 fully saturated rings. The molecule has 7 nitrogen and oxygen atoms in total. The molecule has 2 aromatic rings. The van der Waals surface area contributed by atoms with Gasteiger partial charge in [0.25, 0.3) is 0 Å². The molecule has 0 N–H and O–H groups in total. The summed E-state index contributed by atoms with van der Waals surface area (Å²) in [5.74, 6) is 1.13. The Hall–Kier alpha value is -1.77. The van der Waals surface area contributed by atoms with Crippen LogP contribution >= 0.6 is 0 Å². The van der Waals surface area contributed by atoms with Crippen LogP contribution in [0.4, 0.5) is 0 Å². The summed E-state index contributed by atoms with van der Waals surface area (Å²) in [5, 5.41) is 3.80. The summed E-state index contributed by atoms with van der Waals surface area (Å²) in [6.45, 7) is 1.61. The van der Waals surface area contributed by atoms with Crippen molar-refractivity contribution in [1.82, 2.24) is 14.4 Å². The largest absolute Gasteiger partial charge is 0.381 e. The van der Waals surface area contributed by atoms with Crippen LogP contribution in [0.5, 0.6) is 0 Å². The standard InChI is InChI=1S/C22H29N3O4S/c26-30(27,18-9-13-28-14-10-18)25-16-22(11-12-22)15-19(25)21-23-20(24-29-21)8-4-7-17-5-2-1-3-6-17/h1-3,5-6,18-19H,4,7-16H2/t19-/m0/s1. The summed E-state index contributed by atoms with van der Waals surface area (Å²) in [5.41, 5.74) is 1.41. The van der Waals surface area contributed by atoms with Crippen LogP contribution in [0.25, 0.3) is 0 Å². The monoisotopic (exact) mass is 431 g/mol. The van der Waals surface area contributed by atoms with Crippen LogP contribution in [0.2, 0.25) is 0 Å². The molecule has 2 saturated heterocycles. The number of rotatable bonds is 7. The summed E-state index contributed by atoms with van der Waals surface area (Å²) in [7, 11) is -3.41. The lowest BCUT2D eigenvalue weighted by Gasteiger charge is -2.29. The number of aryl methyl sites for hydroxylation is 2. The van der Waals surface area contributed by atoms with Crippen molar-refractivity contribution in [3.8, 4) is 0 Å². The van der Waals surface area contributed by atoms with Crippen LogP contribution in [-0.2, 0) is 27.6 Å². The molecular weight excluding hydrogens is 402 g/mol. The van der Waals surface area contributed by atoms with Crippen molar-refractivity contribution in [2.75, 3.05) is 19.8 Å². The van der Waals surface area contributed by atoms with Crippen LogP contribution in [0.3, 0.4) is 0 Å². The molecule has 1 spiro atoms. The van der Waals surface area contributed by atoms with Crippen molar-refractivity contribution in [2.24, 2.45) is 5.41 Å². The maximum absolute atomic E-state index is 13.4. The van der Waals surface area contributed by atoms with E-state index in [1.165, 1.54) is 5.56 Å². The fraction of sp³-hybridized carbons (Fsp3) is 0.636. The summed E-state index contributed by atoms with van der Waals surface area (Å²) in [6, 6.07) is 10.0. The Labute approximate surface area is 177 Å². The highest BCUT2D eigenvalue weighted by Gasteiger charge is 2.57. The van der Waals surface area contributed by atoms with Gasteiger partial charge < -0.3 is 9.26 Å². The highest BCUT2D eigenvalue weighted by molar-refractivity contribution is 7.89. The van der Waals surface area contributed by atoms with Crippen molar-refractivity contribution < 1.29 is 17.7 Å². The van der Waals surface area contributed by atoms with E-state index in [9.17, 15) is 8.42 Å². The Kier molecular flexibility index (Phi) is 5.41. The molecule has 8 heteroatoms. The summed E-state index contributed by atoms with van der Waals surface area (Å²) in [4.78, 5) is 4.62. The maximum Gasteiger partial charge on any atom is 0.245 e. The average Bonchev–Trinajstić information content (AvgIpc) is 3.18. The first-order valence-corrected chi connectivity index (χ1v) is 12.5. The first kappa shape index (κ1) is 20.2. The molecule has 3 aliphatic rings. The van der Waals surface area contributed by atoms with Crippen LogP contribution in [0.1, 0.15) is 61.8 Å². The van der Waals surface area contributed by atoms with E-state index in [0.717, 1.165) is 38.5 Å². The summed E-state index contributed by atoms with van der Waals surface area (Å²) < 4.78 is 39.4. The molecule has 0 unspecified atom stereocenters. The predicted octanol–water partition coefficient (Wildman–Crippen LogP) is 3.28. The number of nitrogens with zero attached hydrogens (tertiary/aromatic N) is 3. The molecule has 1 aromatic carbocycles. The highest BCUT2D eigenvalue weighted by Crippen LogP contribution is 2.59. The molecule has 0 radical (unpaired) electrons. The molecule has 1 atom stereocenters. The molecule has 1 saturated carbocycles. The van der Waals surface area contributed by atoms with Gasteiger partial charge >= 0.3 is 0 Å². The van der Waals surface area contributed by atoms with Gasteiger partial charge in [0, 0.05) is 26.2 Å². The summed E-state index contributed by atoms with van der Waals surface area (Å²) >= 11 is 0. The summed E-state index contributed by atoms with van der Waals surface area (Å²) in [6.07, 6.45) is 6.70. The Bertz CT molecular complexity index is 965. The Balaban J connectivity index is 1.29. The van der Waals surface area contributed by atoms with Crippen molar-refractivity contribution >= 4 is 10.0 Å². The molecule has 162 valence electrons. The number of benzene rings is 1. The van der Waals surface area contributed by atoms with E-state index in [0.29, 0.717) is 44.3 Å². The SMILES string of the molecule is O=S(=O)(C1CCOCC1)N1CC2(CC2)C[C@H]1c1nc(CCCc2ccccc2)no1. The second kappa shape index (κ2) is 8.05. The minimum atomic E-state index is -3.41. The van der Waals surface area contributed by atoms with Crippen molar-refractivity contribution in [1.29, 1.82) is 0 Å². The molecule has 2 aliphatic heterocycles. The molecule has 3 heterocycles. The Morgan fingerprint density at radius 2 is 1.87 bits per heavy atom. The molecule has 30 heavy (non-hydrogen) atoms. The third kappa shape index (κ3) is 4.05. The van der Waals surface area contributed by atoms with E-state index in [-0.39, 0.29) is 16.7 Å². The minimum Gasteiger partial charge on any atom is -0.381 e. The molecule has 1 aromatic heterocycles. The Morgan fingerprint density at radius 3 is 2.60 bits per heavy atom. The van der Waals surface area contributed by atoms with E-state index in [4.69, 9.17) is 9.26 Å². The van der Waals surface area contributed by atoms with Gasteiger partial charge in [-0.1, -0.05) is 35.5 Å². The first-order valence-electron chi connectivity index (χ1n) is 11.0. The van der Waals surface area contributed by atoms with Crippen molar-refractivity contribution in [2.45, 2.75) is 62.7 Å². The second-order valence-electron chi connectivity index (χ2n) is 9.01. The van der Waals surface area contributed by atoms with E-state index >= 15 is 0 Å². The van der Waals surface area contributed by atoms with Crippen LogP contribution in [-0.4, -0.2) is 47.9 Å². The van der Waals surface area contributed by atoms with Crippen LogP contribution in [0, 0.1) is 5.41 Å². The number of hydrogen-bond acceptors (Lipinski definition) is 6. The van der Waals surface area contributed by atoms with Gasteiger partial charge in [-0.15, -0.1) is 0 Å². The van der Waals surface area contributed by atoms with E-state index in [2.05, 4.69) is 22.3 Å². The van der Waals surface area contributed by atoms with Gasteiger partial charge in [0.05, 0.1) is 5.25 Å². The normalized spacial score (nSPS) is 24.5. The van der Waals surface area contributed by atoms with Crippen molar-refractivity contribution in [3.63, 3.8) is 0 Å². The molecule has 0 amide bonds. The zero-order valence-electron chi connectivity index (χ0n) is 17.2. The van der Waals surface area contributed by atoms with Gasteiger partial charge in [0.15, 0.2) is 5.82 Å². The number of ether oxygens (including phenoxy) is 1. The lowest BCUT2D eigenvalue weighted by molar-refractivity contribution is 0.0969. The van der Waals surface area contributed by atoms with Crippen LogP contribution < -0.4 is 0 Å². The highest BCUT2D eigenvalue weighted by atomic mass is 32.2. The number of sulfonamides is 1. The third-order valence-electron chi connectivity index (χ3n) is 6.82. The number of aromatic nitrogens is 2. The zero-order chi connectivity index (χ0) is 20.6. The van der Waals surface area contributed by atoms with Gasteiger partial charge in [-0.05, 0) is 55.9 Å². The fourth-order valence-electron chi connectivity index (χ4n) is 4.80. The molecule has 5 rings (SSSR count). The number of hydrogen-bond donors (Lipinski definition) is 0. The zero-order valence-corrected chi connectivity index (χ0v) is 18.0. The van der Waals surface area contributed by atoms with Crippen molar-refractivity contribution in [3.05, 3.63) is 47.6 Å². The van der Waals surface area contributed by atoms with Gasteiger partial charge in [-0.3, -0.25) is 0 Å². The van der Waals surface area contributed by atoms with E-state index in [1.807, 2.05) is 18.2 Å². The lowest BCUT2D eigenvalue weighted by atomic mass is 10.0. The van der Waals surface area contributed by atoms with E-state index in [1.54, 1.807) is 4.31 Å². The fourth-order valence-corrected chi connectivity index (χ4v) is 6.94. The average molecular weight is 432 g/mol. The quantitative estimate of drug-likeness (QED) is 0.669. The van der Waals surface area contributed by atoms with Crippen LogP contribution in [0.15, 0.2) is 34.9 Å². The molecule has 0 bridgehead atoms. The van der Waals surface area contributed by atoms with E-state index < -0.39 is 10.0 Å². The minimum absolute atomic E-state index is 0.116. The topological polar surface area (TPSA) is 85.5 Å². The molecular formula is C22H29N3O4S. The smallest absolute Gasteiger partial charge is 0.245 e. The lowest BCUT2D eigenvalue weighted by Crippen LogP contribution is -2.41. The third-order valence-corrected chi connectivity index (χ3v) is 9.17. The first-order chi connectivity index (χ1) is 14.6. The van der Waals surface area contributed by atoms with Gasteiger partial charge in [-0.2, -0.15) is 9.29 Å². The van der Waals surface area contributed by atoms with Gasteiger partial charge in [0.1, 0.15) is 6.04 Å². The molecule has 1 aliphatic carbocycles. The second-order valence-corrected chi connectivity index (χ2v) is 11.2. The Morgan fingerprint density at radius 1 is 1.10 bits per heavy atom. The van der Waals surface area contributed by atoms with Gasteiger partial charge in [0.2, 0.25) is 15.9 Å². The maximum atomic E-state index is 13.4. The predicted molar refractivity (Wildman–Crippen MR) is 111 cm³/mol. The van der Waals surface area contributed by atoms with Gasteiger partial charge in [-0.25, -0.2) is 8.42 Å².